The fraction of sp³-hybridized carbons (Fsp3) is 0.458. The number of carbonyl (C=O) groups excluding carboxylic acids is 1. The highest BCUT2D eigenvalue weighted by atomic mass is 16.5. The number of hydrogen-bond acceptors (Lipinski definition) is 4. The molecule has 2 aromatic carbocycles. The van der Waals surface area contributed by atoms with Crippen molar-refractivity contribution < 1.29 is 19.4 Å². The van der Waals surface area contributed by atoms with E-state index in [0.29, 0.717) is 23.5 Å². The Labute approximate surface area is 168 Å². The van der Waals surface area contributed by atoms with E-state index in [9.17, 15) is 9.90 Å². The van der Waals surface area contributed by atoms with Gasteiger partial charge in [-0.05, 0) is 74.2 Å². The predicted molar refractivity (Wildman–Crippen MR) is 113 cm³/mol. The first kappa shape index (κ1) is 21.8. The number of esters is 1. The van der Waals surface area contributed by atoms with Gasteiger partial charge in [-0.15, -0.1) is 0 Å². The van der Waals surface area contributed by atoms with Crippen LogP contribution in [0.5, 0.6) is 17.2 Å². The number of phenols is 1. The molecule has 4 nitrogen and oxygen atoms in total. The van der Waals surface area contributed by atoms with Crippen LogP contribution in [0, 0.1) is 20.8 Å². The molecule has 0 bridgehead atoms. The van der Waals surface area contributed by atoms with Gasteiger partial charge in [-0.1, -0.05) is 39.0 Å². The molecule has 152 valence electrons. The summed E-state index contributed by atoms with van der Waals surface area (Å²) in [6.07, 6.45) is 7.36. The zero-order valence-electron chi connectivity index (χ0n) is 17.5. The highest BCUT2D eigenvalue weighted by Crippen LogP contribution is 2.32. The van der Waals surface area contributed by atoms with Crippen LogP contribution >= 0.6 is 0 Å². The first-order valence-electron chi connectivity index (χ1n) is 10.2. The van der Waals surface area contributed by atoms with E-state index >= 15 is 0 Å². The van der Waals surface area contributed by atoms with Gasteiger partial charge in [0.1, 0.15) is 17.2 Å². The maximum Gasteiger partial charge on any atom is 0.343 e. The predicted octanol–water partition coefficient (Wildman–Crippen LogP) is 6.28. The minimum absolute atomic E-state index is 0.210. The van der Waals surface area contributed by atoms with Crippen molar-refractivity contribution in [3.05, 3.63) is 52.6 Å². The molecule has 28 heavy (non-hydrogen) atoms. The quantitative estimate of drug-likeness (QED) is 0.298. The van der Waals surface area contributed by atoms with Crippen LogP contribution < -0.4 is 9.47 Å². The average molecular weight is 385 g/mol. The van der Waals surface area contributed by atoms with E-state index in [1.54, 1.807) is 37.3 Å². The number of phenolic OH excluding ortho intramolecular Hbond substituents is 1. The van der Waals surface area contributed by atoms with Crippen molar-refractivity contribution in [2.24, 2.45) is 0 Å². The van der Waals surface area contributed by atoms with Crippen molar-refractivity contribution in [2.75, 3.05) is 6.61 Å². The summed E-state index contributed by atoms with van der Waals surface area (Å²) >= 11 is 0. The average Bonchev–Trinajstić information content (AvgIpc) is 2.69. The first-order chi connectivity index (χ1) is 13.4. The molecular weight excluding hydrogens is 352 g/mol. The Kier molecular flexibility index (Phi) is 8.37. The van der Waals surface area contributed by atoms with Crippen LogP contribution in [0.4, 0.5) is 0 Å². The van der Waals surface area contributed by atoms with Crippen LogP contribution in [0.25, 0.3) is 0 Å². The molecule has 0 saturated carbocycles. The van der Waals surface area contributed by atoms with E-state index in [-0.39, 0.29) is 5.75 Å². The van der Waals surface area contributed by atoms with Crippen LogP contribution in [0.3, 0.4) is 0 Å². The van der Waals surface area contributed by atoms with Gasteiger partial charge in [-0.2, -0.15) is 0 Å². The number of ether oxygens (including phenoxy) is 2. The molecule has 1 N–H and O–H groups in total. The minimum Gasteiger partial charge on any atom is -0.508 e. The molecule has 4 heteroatoms. The lowest BCUT2D eigenvalue weighted by atomic mass is 10.0. The molecule has 0 atom stereocenters. The third-order valence-electron chi connectivity index (χ3n) is 5.05. The molecule has 2 rings (SSSR count). The molecule has 0 aliphatic rings. The summed E-state index contributed by atoms with van der Waals surface area (Å²) in [5.74, 6) is 1.06. The van der Waals surface area contributed by atoms with Crippen molar-refractivity contribution in [2.45, 2.75) is 66.2 Å². The van der Waals surface area contributed by atoms with E-state index in [4.69, 9.17) is 9.47 Å². The second-order valence-electron chi connectivity index (χ2n) is 7.32. The van der Waals surface area contributed by atoms with Crippen LogP contribution in [0.1, 0.15) is 72.5 Å². The highest BCUT2D eigenvalue weighted by molar-refractivity contribution is 5.91. The largest absolute Gasteiger partial charge is 0.508 e. The fourth-order valence-corrected chi connectivity index (χ4v) is 3.11. The lowest BCUT2D eigenvalue weighted by molar-refractivity contribution is 0.0732. The summed E-state index contributed by atoms with van der Waals surface area (Å²) in [6, 6.07) is 8.66. The number of benzene rings is 2. The number of aromatic hydroxyl groups is 1. The first-order valence-corrected chi connectivity index (χ1v) is 10.2. The summed E-state index contributed by atoms with van der Waals surface area (Å²) in [5.41, 5.74) is 2.68. The van der Waals surface area contributed by atoms with Gasteiger partial charge in [-0.3, -0.25) is 0 Å². The summed E-state index contributed by atoms with van der Waals surface area (Å²) in [6.45, 7) is 8.37. The Bertz CT molecular complexity index is 778. The van der Waals surface area contributed by atoms with Gasteiger partial charge in [0, 0.05) is 0 Å². The Morgan fingerprint density at radius 1 is 0.929 bits per heavy atom. The Morgan fingerprint density at radius 2 is 1.57 bits per heavy atom. The van der Waals surface area contributed by atoms with E-state index < -0.39 is 5.97 Å². The topological polar surface area (TPSA) is 55.8 Å². The van der Waals surface area contributed by atoms with E-state index in [2.05, 4.69) is 6.92 Å². The Balaban J connectivity index is 1.88. The molecule has 2 aromatic rings. The summed E-state index contributed by atoms with van der Waals surface area (Å²) in [4.78, 5) is 12.5. The lowest BCUT2D eigenvalue weighted by Gasteiger charge is -2.14. The van der Waals surface area contributed by atoms with Gasteiger partial charge < -0.3 is 14.6 Å². The molecule has 0 radical (unpaired) electrons. The van der Waals surface area contributed by atoms with Crippen molar-refractivity contribution in [1.82, 2.24) is 0 Å². The molecule has 0 aromatic heterocycles. The van der Waals surface area contributed by atoms with Crippen molar-refractivity contribution in [3.8, 4) is 17.2 Å². The van der Waals surface area contributed by atoms with Gasteiger partial charge in [0.05, 0.1) is 12.2 Å². The van der Waals surface area contributed by atoms with Crippen molar-refractivity contribution in [1.29, 1.82) is 0 Å². The second kappa shape index (κ2) is 10.7. The number of aryl methyl sites for hydroxylation is 1. The molecule has 0 fully saturated rings. The van der Waals surface area contributed by atoms with E-state index in [0.717, 1.165) is 23.3 Å². The monoisotopic (exact) mass is 384 g/mol. The molecule has 0 aliphatic carbocycles. The zero-order chi connectivity index (χ0) is 20.5. The SMILES string of the molecule is CCCCCCCCOc1ccc(C(=O)Oc2c(C)cc(O)c(C)c2C)cc1. The summed E-state index contributed by atoms with van der Waals surface area (Å²) < 4.78 is 11.3. The van der Waals surface area contributed by atoms with Gasteiger partial charge in [0.25, 0.3) is 0 Å². The fourth-order valence-electron chi connectivity index (χ4n) is 3.11. The normalized spacial score (nSPS) is 10.7. The standard InChI is InChI=1S/C24H32O4/c1-5-6-7-8-9-10-15-27-21-13-11-20(12-14-21)24(26)28-23-17(2)16-22(25)18(3)19(23)4/h11-14,16,25H,5-10,15H2,1-4H3. The van der Waals surface area contributed by atoms with Gasteiger partial charge in [0.15, 0.2) is 0 Å². The summed E-state index contributed by atoms with van der Waals surface area (Å²) in [7, 11) is 0. The van der Waals surface area contributed by atoms with E-state index in [1.807, 2.05) is 13.8 Å². The Hall–Kier alpha value is -2.49. The maximum atomic E-state index is 12.5. The number of hydrogen-bond donors (Lipinski definition) is 1. The molecule has 0 amide bonds. The second-order valence-corrected chi connectivity index (χ2v) is 7.32. The molecule has 0 heterocycles. The molecule has 0 saturated heterocycles. The maximum absolute atomic E-state index is 12.5. The number of carbonyl (C=O) groups is 1. The lowest BCUT2D eigenvalue weighted by Crippen LogP contribution is -2.11. The van der Waals surface area contributed by atoms with Gasteiger partial charge in [-0.25, -0.2) is 4.79 Å². The highest BCUT2D eigenvalue weighted by Gasteiger charge is 2.16. The van der Waals surface area contributed by atoms with E-state index in [1.165, 1.54) is 32.1 Å². The van der Waals surface area contributed by atoms with Crippen molar-refractivity contribution in [3.63, 3.8) is 0 Å². The smallest absolute Gasteiger partial charge is 0.343 e. The summed E-state index contributed by atoms with van der Waals surface area (Å²) in [5, 5.41) is 9.88. The van der Waals surface area contributed by atoms with Crippen LogP contribution in [-0.4, -0.2) is 17.7 Å². The third-order valence-corrected chi connectivity index (χ3v) is 5.05. The van der Waals surface area contributed by atoms with Gasteiger partial charge >= 0.3 is 5.97 Å². The molecule has 0 spiro atoms. The van der Waals surface area contributed by atoms with Crippen LogP contribution in [0.15, 0.2) is 30.3 Å². The van der Waals surface area contributed by atoms with Crippen molar-refractivity contribution >= 4 is 5.97 Å². The van der Waals surface area contributed by atoms with Crippen LogP contribution in [0.2, 0.25) is 0 Å². The number of rotatable bonds is 10. The molecular formula is C24H32O4. The third kappa shape index (κ3) is 6.01. The minimum atomic E-state index is -0.418. The molecule has 0 unspecified atom stereocenters. The zero-order valence-corrected chi connectivity index (χ0v) is 17.5. The van der Waals surface area contributed by atoms with Crippen LogP contribution in [-0.2, 0) is 0 Å². The Morgan fingerprint density at radius 3 is 2.25 bits per heavy atom. The van der Waals surface area contributed by atoms with Gasteiger partial charge in [0.2, 0.25) is 0 Å². The number of unbranched alkanes of at least 4 members (excludes halogenated alkanes) is 5. The molecule has 0 aliphatic heterocycles.